The fraction of sp³-hybridized carbons (Fsp3) is 0.273. The van der Waals surface area contributed by atoms with Crippen molar-refractivity contribution in [3.63, 3.8) is 0 Å². The quantitative estimate of drug-likeness (QED) is 0.532. The molecule has 0 bridgehead atoms. The summed E-state index contributed by atoms with van der Waals surface area (Å²) in [5, 5.41) is 13.7. The zero-order valence-corrected chi connectivity index (χ0v) is 8.69. The Morgan fingerprint density at radius 1 is 1.40 bits per heavy atom. The molecule has 1 aromatic carbocycles. The molecule has 1 rings (SSSR count). The van der Waals surface area contributed by atoms with E-state index in [0.29, 0.717) is 5.71 Å². The van der Waals surface area contributed by atoms with E-state index in [9.17, 15) is 9.90 Å². The Kier molecular flexibility index (Phi) is 3.85. The standard InChI is InChI=1S/C11H13NO3/c1-8-3-5-10(6-4-8)9(2)12-15-7-11(13)14/h3-6H,7H2,1-2H3,(H,13,14)/p-1/b12-9-. The Bertz CT molecular complexity index is 368. The molecule has 0 fully saturated rings. The van der Waals surface area contributed by atoms with E-state index in [1.807, 2.05) is 31.2 Å². The maximum atomic E-state index is 10.1. The molecule has 0 spiro atoms. The molecule has 0 radical (unpaired) electrons. The van der Waals surface area contributed by atoms with Crippen LogP contribution in [0.25, 0.3) is 0 Å². The number of carboxylic acid groups (broad SMARTS) is 1. The number of carbonyl (C=O) groups is 1. The summed E-state index contributed by atoms with van der Waals surface area (Å²) in [7, 11) is 0. The summed E-state index contributed by atoms with van der Waals surface area (Å²) in [6, 6.07) is 7.70. The van der Waals surface area contributed by atoms with Crippen LogP contribution in [-0.4, -0.2) is 18.3 Å². The van der Waals surface area contributed by atoms with Crippen molar-refractivity contribution in [2.75, 3.05) is 6.61 Å². The number of nitrogens with zero attached hydrogens (tertiary/aromatic N) is 1. The second-order valence-electron chi connectivity index (χ2n) is 3.19. The van der Waals surface area contributed by atoms with Gasteiger partial charge in [0.15, 0.2) is 6.61 Å². The van der Waals surface area contributed by atoms with Gasteiger partial charge in [0.05, 0.1) is 11.7 Å². The van der Waals surface area contributed by atoms with Gasteiger partial charge >= 0.3 is 0 Å². The predicted molar refractivity (Wildman–Crippen MR) is 54.3 cm³/mol. The molecule has 0 amide bonds. The van der Waals surface area contributed by atoms with E-state index >= 15 is 0 Å². The monoisotopic (exact) mass is 206 g/mol. The van der Waals surface area contributed by atoms with Crippen LogP contribution in [0.4, 0.5) is 0 Å². The molecule has 0 aliphatic carbocycles. The van der Waals surface area contributed by atoms with E-state index in [0.717, 1.165) is 11.1 Å². The zero-order chi connectivity index (χ0) is 11.3. The average Bonchev–Trinajstić information content (AvgIpc) is 2.18. The summed E-state index contributed by atoms with van der Waals surface area (Å²) in [4.78, 5) is 14.6. The lowest BCUT2D eigenvalue weighted by Crippen LogP contribution is -2.26. The van der Waals surface area contributed by atoms with Crippen molar-refractivity contribution >= 4 is 11.7 Å². The number of oxime groups is 1. The van der Waals surface area contributed by atoms with Gasteiger partial charge in [-0.25, -0.2) is 0 Å². The molecule has 0 saturated carbocycles. The van der Waals surface area contributed by atoms with Crippen LogP contribution in [0.1, 0.15) is 18.1 Å². The third-order valence-electron chi connectivity index (χ3n) is 1.85. The van der Waals surface area contributed by atoms with E-state index in [1.165, 1.54) is 0 Å². The van der Waals surface area contributed by atoms with Crippen LogP contribution < -0.4 is 5.11 Å². The SMILES string of the molecule is C/C(=N/OCC(=O)[O-])c1ccc(C)cc1. The van der Waals surface area contributed by atoms with Gasteiger partial charge in [0.25, 0.3) is 0 Å². The third-order valence-corrected chi connectivity index (χ3v) is 1.85. The lowest BCUT2D eigenvalue weighted by atomic mass is 10.1. The first-order chi connectivity index (χ1) is 7.09. The molecule has 4 heteroatoms. The number of hydrogen-bond donors (Lipinski definition) is 0. The normalized spacial score (nSPS) is 11.2. The second-order valence-corrected chi connectivity index (χ2v) is 3.19. The van der Waals surface area contributed by atoms with Gasteiger partial charge in [-0.1, -0.05) is 35.0 Å². The summed E-state index contributed by atoms with van der Waals surface area (Å²) < 4.78 is 0. The van der Waals surface area contributed by atoms with Gasteiger partial charge in [0.2, 0.25) is 0 Å². The summed E-state index contributed by atoms with van der Waals surface area (Å²) in [6.07, 6.45) is 0. The molecule has 15 heavy (non-hydrogen) atoms. The fourth-order valence-electron chi connectivity index (χ4n) is 1.03. The van der Waals surface area contributed by atoms with E-state index in [1.54, 1.807) is 6.92 Å². The van der Waals surface area contributed by atoms with Crippen molar-refractivity contribution in [2.24, 2.45) is 5.16 Å². The van der Waals surface area contributed by atoms with Crippen molar-refractivity contribution in [1.82, 2.24) is 0 Å². The largest absolute Gasteiger partial charge is 0.546 e. The smallest absolute Gasteiger partial charge is 0.156 e. The molecule has 0 aliphatic rings. The highest BCUT2D eigenvalue weighted by atomic mass is 16.6. The van der Waals surface area contributed by atoms with Gasteiger partial charge in [0.1, 0.15) is 0 Å². The van der Waals surface area contributed by atoms with Crippen molar-refractivity contribution in [2.45, 2.75) is 13.8 Å². The molecule has 80 valence electrons. The Morgan fingerprint density at radius 3 is 2.53 bits per heavy atom. The predicted octanol–water partition coefficient (Wildman–Crippen LogP) is 0.486. The molecular formula is C11H12NO3-. The van der Waals surface area contributed by atoms with E-state index in [2.05, 4.69) is 9.99 Å². The van der Waals surface area contributed by atoms with E-state index in [-0.39, 0.29) is 0 Å². The number of hydrogen-bond acceptors (Lipinski definition) is 4. The maximum absolute atomic E-state index is 10.1. The number of benzene rings is 1. The fourth-order valence-corrected chi connectivity index (χ4v) is 1.03. The van der Waals surface area contributed by atoms with Gasteiger partial charge in [-0.3, -0.25) is 0 Å². The molecule has 0 aliphatic heterocycles. The van der Waals surface area contributed by atoms with Crippen LogP contribution in [-0.2, 0) is 9.63 Å². The van der Waals surface area contributed by atoms with Crippen LogP contribution in [0.15, 0.2) is 29.4 Å². The lowest BCUT2D eigenvalue weighted by molar-refractivity contribution is -0.309. The first-order valence-corrected chi connectivity index (χ1v) is 4.53. The Labute approximate surface area is 88.2 Å². The first-order valence-electron chi connectivity index (χ1n) is 4.53. The number of carboxylic acids is 1. The van der Waals surface area contributed by atoms with Crippen molar-refractivity contribution in [3.8, 4) is 0 Å². The molecule has 0 atom stereocenters. The van der Waals surface area contributed by atoms with E-state index in [4.69, 9.17) is 0 Å². The van der Waals surface area contributed by atoms with Gasteiger partial charge in [-0.05, 0) is 19.4 Å². The first kappa shape index (κ1) is 11.2. The minimum Gasteiger partial charge on any atom is -0.546 e. The summed E-state index contributed by atoms with van der Waals surface area (Å²) in [6.45, 7) is 3.21. The van der Waals surface area contributed by atoms with Crippen LogP contribution in [0.2, 0.25) is 0 Å². The van der Waals surface area contributed by atoms with Crippen LogP contribution in [0.5, 0.6) is 0 Å². The molecule has 0 N–H and O–H groups in total. The minimum atomic E-state index is -1.28. The molecule has 4 nitrogen and oxygen atoms in total. The Morgan fingerprint density at radius 2 is 2.00 bits per heavy atom. The van der Waals surface area contributed by atoms with Crippen LogP contribution >= 0.6 is 0 Å². The second kappa shape index (κ2) is 5.14. The lowest BCUT2D eigenvalue weighted by Gasteiger charge is -2.03. The van der Waals surface area contributed by atoms with Crippen molar-refractivity contribution < 1.29 is 14.7 Å². The maximum Gasteiger partial charge on any atom is 0.156 e. The molecular weight excluding hydrogens is 194 g/mol. The van der Waals surface area contributed by atoms with Crippen molar-refractivity contribution in [1.29, 1.82) is 0 Å². The summed E-state index contributed by atoms with van der Waals surface area (Å²) in [5.41, 5.74) is 2.69. The number of aliphatic carboxylic acids is 1. The average molecular weight is 206 g/mol. The number of aryl methyl sites for hydroxylation is 1. The highest BCUT2D eigenvalue weighted by Crippen LogP contribution is 2.04. The van der Waals surface area contributed by atoms with Gasteiger partial charge in [-0.15, -0.1) is 0 Å². The topological polar surface area (TPSA) is 61.7 Å². The molecule has 0 heterocycles. The number of carbonyl (C=O) groups excluding carboxylic acids is 1. The van der Waals surface area contributed by atoms with E-state index < -0.39 is 12.6 Å². The summed E-state index contributed by atoms with van der Waals surface area (Å²) in [5.74, 6) is -1.28. The van der Waals surface area contributed by atoms with Gasteiger partial charge < -0.3 is 14.7 Å². The number of rotatable bonds is 4. The molecule has 0 aromatic heterocycles. The minimum absolute atomic E-state index is 0.525. The summed E-state index contributed by atoms with van der Waals surface area (Å²) >= 11 is 0. The molecule has 1 aromatic rings. The molecule has 0 unspecified atom stereocenters. The molecule has 0 saturated heterocycles. The highest BCUT2D eigenvalue weighted by Gasteiger charge is 1.96. The van der Waals surface area contributed by atoms with Crippen molar-refractivity contribution in [3.05, 3.63) is 35.4 Å². The zero-order valence-electron chi connectivity index (χ0n) is 8.69. The van der Waals surface area contributed by atoms with Crippen LogP contribution in [0, 0.1) is 6.92 Å². The Balaban J connectivity index is 2.63. The van der Waals surface area contributed by atoms with Crippen LogP contribution in [0.3, 0.4) is 0 Å². The highest BCUT2D eigenvalue weighted by molar-refractivity contribution is 5.98. The van der Waals surface area contributed by atoms with Gasteiger partial charge in [-0.2, -0.15) is 0 Å². The van der Waals surface area contributed by atoms with Gasteiger partial charge in [0, 0.05) is 0 Å². The third kappa shape index (κ3) is 3.81. The Hall–Kier alpha value is -1.84.